The lowest BCUT2D eigenvalue weighted by Crippen LogP contribution is -2.07. The van der Waals surface area contributed by atoms with Crippen molar-refractivity contribution < 1.29 is 24.9 Å². The van der Waals surface area contributed by atoms with Crippen LogP contribution in [0.15, 0.2) is 12.1 Å². The van der Waals surface area contributed by atoms with Crippen molar-refractivity contribution in [3.8, 4) is 11.5 Å². The molecule has 0 radical (unpaired) electrons. The van der Waals surface area contributed by atoms with Crippen LogP contribution in [0.25, 0.3) is 0 Å². The minimum Gasteiger partial charge on any atom is -0.508 e. The molecule has 0 aliphatic carbocycles. The number of esters is 1. The first-order chi connectivity index (χ1) is 7.45. The van der Waals surface area contributed by atoms with Gasteiger partial charge in [-0.1, -0.05) is 0 Å². The number of hydrogen-bond acceptors (Lipinski definition) is 5. The van der Waals surface area contributed by atoms with E-state index >= 15 is 0 Å². The molecule has 0 amide bonds. The minimum absolute atomic E-state index is 0.0315. The first kappa shape index (κ1) is 12.3. The van der Waals surface area contributed by atoms with Crippen LogP contribution in [0.1, 0.15) is 22.8 Å². The van der Waals surface area contributed by atoms with Gasteiger partial charge in [-0.2, -0.15) is 0 Å². The fourth-order valence-electron chi connectivity index (χ4n) is 1.38. The highest BCUT2D eigenvalue weighted by Gasteiger charge is 2.16. The average molecular weight is 226 g/mol. The van der Waals surface area contributed by atoms with Gasteiger partial charge in [-0.15, -0.1) is 0 Å². The minimum atomic E-state index is -0.690. The van der Waals surface area contributed by atoms with Crippen molar-refractivity contribution in [2.45, 2.75) is 19.4 Å². The molecular formula is C11H14O5. The largest absolute Gasteiger partial charge is 0.508 e. The standard InChI is InChI=1S/C11H14O5/c1-6(12)3-7-4-8(11(15)16-2)10(14)5-9(7)13/h4-6,12-14H,3H2,1-2H3. The number of benzene rings is 1. The number of phenols is 2. The van der Waals surface area contributed by atoms with Crippen LogP contribution in [-0.4, -0.2) is 34.5 Å². The summed E-state index contributed by atoms with van der Waals surface area (Å²) in [7, 11) is 1.20. The molecule has 0 aromatic heterocycles. The van der Waals surface area contributed by atoms with E-state index in [2.05, 4.69) is 4.74 Å². The third-order valence-electron chi connectivity index (χ3n) is 2.12. The van der Waals surface area contributed by atoms with Crippen LogP contribution in [0, 0.1) is 0 Å². The monoisotopic (exact) mass is 226 g/mol. The van der Waals surface area contributed by atoms with Gasteiger partial charge in [-0.05, 0) is 18.6 Å². The molecule has 0 saturated carbocycles. The normalized spacial score (nSPS) is 12.2. The van der Waals surface area contributed by atoms with Gasteiger partial charge in [0.15, 0.2) is 0 Å². The Balaban J connectivity index is 3.16. The first-order valence-corrected chi connectivity index (χ1v) is 4.77. The van der Waals surface area contributed by atoms with Crippen molar-refractivity contribution in [1.82, 2.24) is 0 Å². The smallest absolute Gasteiger partial charge is 0.341 e. The SMILES string of the molecule is COC(=O)c1cc(CC(C)O)c(O)cc1O. The zero-order valence-corrected chi connectivity index (χ0v) is 9.10. The zero-order chi connectivity index (χ0) is 12.3. The van der Waals surface area contributed by atoms with E-state index in [0.717, 1.165) is 6.07 Å². The third-order valence-corrected chi connectivity index (χ3v) is 2.12. The van der Waals surface area contributed by atoms with E-state index in [4.69, 9.17) is 0 Å². The number of carbonyl (C=O) groups excluding carboxylic acids is 1. The average Bonchev–Trinajstić information content (AvgIpc) is 2.20. The van der Waals surface area contributed by atoms with E-state index in [-0.39, 0.29) is 23.5 Å². The molecule has 1 rings (SSSR count). The molecule has 0 aliphatic rings. The third kappa shape index (κ3) is 2.64. The Morgan fingerprint density at radius 2 is 2.00 bits per heavy atom. The first-order valence-electron chi connectivity index (χ1n) is 4.77. The summed E-state index contributed by atoms with van der Waals surface area (Å²) in [6.07, 6.45) is -0.461. The molecule has 0 aliphatic heterocycles. The van der Waals surface area contributed by atoms with E-state index in [1.807, 2.05) is 0 Å². The fourth-order valence-corrected chi connectivity index (χ4v) is 1.38. The summed E-state index contributed by atoms with van der Waals surface area (Å²) in [6, 6.07) is 2.37. The summed E-state index contributed by atoms with van der Waals surface area (Å²) < 4.78 is 4.47. The molecule has 0 heterocycles. The van der Waals surface area contributed by atoms with Gasteiger partial charge in [-0.25, -0.2) is 4.79 Å². The second kappa shape index (κ2) is 4.85. The summed E-state index contributed by atoms with van der Waals surface area (Å²) in [6.45, 7) is 1.56. The maximum absolute atomic E-state index is 11.3. The zero-order valence-electron chi connectivity index (χ0n) is 9.10. The van der Waals surface area contributed by atoms with Crippen LogP contribution in [0.4, 0.5) is 0 Å². The summed E-state index contributed by atoms with van der Waals surface area (Å²) in [5.74, 6) is -1.20. The predicted molar refractivity (Wildman–Crippen MR) is 56.5 cm³/mol. The highest BCUT2D eigenvalue weighted by atomic mass is 16.5. The molecule has 0 fully saturated rings. The number of methoxy groups -OCH3 is 1. The summed E-state index contributed by atoms with van der Waals surface area (Å²) in [4.78, 5) is 11.3. The van der Waals surface area contributed by atoms with Crippen molar-refractivity contribution in [1.29, 1.82) is 0 Å². The number of aromatic hydroxyl groups is 2. The molecule has 0 saturated heterocycles. The molecule has 0 spiro atoms. The molecule has 16 heavy (non-hydrogen) atoms. The van der Waals surface area contributed by atoms with Crippen molar-refractivity contribution in [2.75, 3.05) is 7.11 Å². The molecule has 5 heteroatoms. The van der Waals surface area contributed by atoms with E-state index in [9.17, 15) is 20.1 Å². The molecule has 1 atom stereocenters. The van der Waals surface area contributed by atoms with E-state index < -0.39 is 12.1 Å². The molecule has 3 N–H and O–H groups in total. The van der Waals surface area contributed by atoms with E-state index in [1.54, 1.807) is 6.92 Å². The van der Waals surface area contributed by atoms with Crippen LogP contribution in [0.2, 0.25) is 0 Å². The van der Waals surface area contributed by atoms with Gasteiger partial charge in [0.1, 0.15) is 17.1 Å². The lowest BCUT2D eigenvalue weighted by molar-refractivity contribution is 0.0597. The number of phenolic OH excluding ortho intramolecular Hbond substituents is 2. The van der Waals surface area contributed by atoms with E-state index in [1.165, 1.54) is 13.2 Å². The summed E-state index contributed by atoms with van der Waals surface area (Å²) >= 11 is 0. The Bertz CT molecular complexity index is 398. The predicted octanol–water partition coefficient (Wildman–Crippen LogP) is 0.808. The molecule has 0 bridgehead atoms. The van der Waals surface area contributed by atoms with Gasteiger partial charge in [0.25, 0.3) is 0 Å². The van der Waals surface area contributed by atoms with Crippen molar-refractivity contribution in [2.24, 2.45) is 0 Å². The maximum atomic E-state index is 11.3. The number of ether oxygens (including phenoxy) is 1. The maximum Gasteiger partial charge on any atom is 0.341 e. The van der Waals surface area contributed by atoms with Crippen molar-refractivity contribution >= 4 is 5.97 Å². The molecular weight excluding hydrogens is 212 g/mol. The van der Waals surface area contributed by atoms with Crippen LogP contribution in [0.5, 0.6) is 11.5 Å². The number of carbonyl (C=O) groups is 1. The molecule has 5 nitrogen and oxygen atoms in total. The van der Waals surface area contributed by atoms with Crippen LogP contribution >= 0.6 is 0 Å². The Hall–Kier alpha value is -1.75. The lowest BCUT2D eigenvalue weighted by Gasteiger charge is -2.10. The fraction of sp³-hybridized carbons (Fsp3) is 0.364. The number of hydrogen-bond donors (Lipinski definition) is 3. The lowest BCUT2D eigenvalue weighted by atomic mass is 10.0. The van der Waals surface area contributed by atoms with E-state index in [0.29, 0.717) is 5.56 Å². The molecule has 1 aromatic rings. The van der Waals surface area contributed by atoms with Gasteiger partial charge >= 0.3 is 5.97 Å². The summed E-state index contributed by atoms with van der Waals surface area (Å²) in [5.41, 5.74) is 0.351. The second-order valence-corrected chi connectivity index (χ2v) is 3.54. The second-order valence-electron chi connectivity index (χ2n) is 3.54. The molecule has 88 valence electrons. The van der Waals surface area contributed by atoms with Gasteiger partial charge in [0, 0.05) is 12.5 Å². The van der Waals surface area contributed by atoms with Crippen LogP contribution in [0.3, 0.4) is 0 Å². The topological polar surface area (TPSA) is 87.0 Å². The van der Waals surface area contributed by atoms with Gasteiger partial charge in [0.05, 0.1) is 13.2 Å². The van der Waals surface area contributed by atoms with Gasteiger partial charge < -0.3 is 20.1 Å². The Labute approximate surface area is 92.9 Å². The van der Waals surface area contributed by atoms with Crippen LogP contribution in [-0.2, 0) is 11.2 Å². The molecule has 1 aromatic carbocycles. The Kier molecular flexibility index (Phi) is 3.73. The molecule has 1 unspecified atom stereocenters. The quantitative estimate of drug-likeness (QED) is 0.664. The highest BCUT2D eigenvalue weighted by Crippen LogP contribution is 2.28. The van der Waals surface area contributed by atoms with Crippen molar-refractivity contribution in [3.05, 3.63) is 23.3 Å². The number of rotatable bonds is 3. The van der Waals surface area contributed by atoms with Gasteiger partial charge in [-0.3, -0.25) is 0 Å². The van der Waals surface area contributed by atoms with Crippen LogP contribution < -0.4 is 0 Å². The highest BCUT2D eigenvalue weighted by molar-refractivity contribution is 5.92. The Morgan fingerprint density at radius 3 is 2.50 bits per heavy atom. The number of aliphatic hydroxyl groups excluding tert-OH is 1. The Morgan fingerprint density at radius 1 is 1.38 bits per heavy atom. The van der Waals surface area contributed by atoms with Crippen molar-refractivity contribution in [3.63, 3.8) is 0 Å². The van der Waals surface area contributed by atoms with Gasteiger partial charge in [0.2, 0.25) is 0 Å². The summed E-state index contributed by atoms with van der Waals surface area (Å²) in [5, 5.41) is 28.1. The number of aliphatic hydroxyl groups is 1.